The summed E-state index contributed by atoms with van der Waals surface area (Å²) in [5, 5.41) is 11.8. The Morgan fingerprint density at radius 3 is 2.72 bits per heavy atom. The second-order valence-corrected chi connectivity index (χ2v) is 3.89. The molecule has 0 bridgehead atoms. The van der Waals surface area contributed by atoms with E-state index in [1.54, 1.807) is 13.2 Å². The van der Waals surface area contributed by atoms with E-state index in [0.29, 0.717) is 5.75 Å². The van der Waals surface area contributed by atoms with Gasteiger partial charge >= 0.3 is 0 Å². The Morgan fingerprint density at radius 2 is 2.11 bits per heavy atom. The molecule has 1 unspecified atom stereocenters. The number of amides is 1. The summed E-state index contributed by atoms with van der Waals surface area (Å²) in [4.78, 5) is 11.8. The fourth-order valence-electron chi connectivity index (χ4n) is 1.64. The zero-order valence-electron chi connectivity index (χ0n) is 10.7. The number of ether oxygens (including phenoxy) is 2. The van der Waals surface area contributed by atoms with Crippen LogP contribution >= 0.6 is 0 Å². The number of rotatable bonds is 7. The molecular weight excluding hydrogens is 234 g/mol. The maximum Gasteiger partial charge on any atom is 0.224 e. The van der Waals surface area contributed by atoms with E-state index < -0.39 is 0 Å². The van der Waals surface area contributed by atoms with Gasteiger partial charge in [-0.1, -0.05) is 18.2 Å². The summed E-state index contributed by atoms with van der Waals surface area (Å²) in [6.07, 6.45) is 0.213. The average molecular weight is 253 g/mol. The summed E-state index contributed by atoms with van der Waals surface area (Å²) in [5.74, 6) is 0.510. The molecule has 1 aromatic rings. The number of aliphatic hydroxyl groups is 1. The molecule has 5 nitrogen and oxygen atoms in total. The monoisotopic (exact) mass is 253 g/mol. The first kappa shape index (κ1) is 14.5. The first-order valence-electron chi connectivity index (χ1n) is 5.72. The zero-order chi connectivity index (χ0) is 13.4. The van der Waals surface area contributed by atoms with Gasteiger partial charge in [-0.05, 0) is 6.07 Å². The highest BCUT2D eigenvalue weighted by Crippen LogP contribution is 2.17. The number of methoxy groups -OCH3 is 2. The highest BCUT2D eigenvalue weighted by molar-refractivity contribution is 5.79. The van der Waals surface area contributed by atoms with Gasteiger partial charge in [-0.2, -0.15) is 0 Å². The molecule has 100 valence electrons. The lowest BCUT2D eigenvalue weighted by atomic mass is 10.1. The number of hydrogen-bond donors (Lipinski definition) is 2. The number of carbonyl (C=O) groups excluding carboxylic acids is 1. The van der Waals surface area contributed by atoms with Crippen molar-refractivity contribution in [2.24, 2.45) is 0 Å². The van der Waals surface area contributed by atoms with Crippen molar-refractivity contribution < 1.29 is 19.4 Å². The van der Waals surface area contributed by atoms with E-state index in [-0.39, 0.29) is 31.6 Å². The lowest BCUT2D eigenvalue weighted by Crippen LogP contribution is -2.41. The normalized spacial score (nSPS) is 11.9. The Kier molecular flexibility index (Phi) is 6.18. The van der Waals surface area contributed by atoms with Crippen LogP contribution in [-0.2, 0) is 16.0 Å². The van der Waals surface area contributed by atoms with E-state index in [9.17, 15) is 4.79 Å². The van der Waals surface area contributed by atoms with Gasteiger partial charge in [0.2, 0.25) is 5.91 Å². The summed E-state index contributed by atoms with van der Waals surface area (Å²) in [5.41, 5.74) is 0.812. The van der Waals surface area contributed by atoms with Crippen molar-refractivity contribution in [1.29, 1.82) is 0 Å². The van der Waals surface area contributed by atoms with E-state index >= 15 is 0 Å². The molecule has 0 heterocycles. The smallest absolute Gasteiger partial charge is 0.224 e. The van der Waals surface area contributed by atoms with Gasteiger partial charge in [0.15, 0.2) is 0 Å². The molecule has 1 amide bonds. The van der Waals surface area contributed by atoms with Crippen molar-refractivity contribution in [3.8, 4) is 5.75 Å². The molecule has 1 aromatic carbocycles. The predicted octanol–water partition coefficient (Wildman–Crippen LogP) is 0.361. The van der Waals surface area contributed by atoms with Crippen LogP contribution in [-0.4, -0.2) is 44.5 Å². The van der Waals surface area contributed by atoms with Crippen molar-refractivity contribution >= 4 is 5.91 Å². The number of hydrogen-bond acceptors (Lipinski definition) is 4. The third-order valence-corrected chi connectivity index (χ3v) is 2.50. The fraction of sp³-hybridized carbons (Fsp3) is 0.462. The van der Waals surface area contributed by atoms with Crippen LogP contribution in [0.25, 0.3) is 0 Å². The van der Waals surface area contributed by atoms with Gasteiger partial charge in [0, 0.05) is 12.7 Å². The summed E-state index contributed by atoms with van der Waals surface area (Å²) in [7, 11) is 3.09. The van der Waals surface area contributed by atoms with Crippen molar-refractivity contribution in [3.63, 3.8) is 0 Å². The third-order valence-electron chi connectivity index (χ3n) is 2.50. The Morgan fingerprint density at radius 1 is 1.39 bits per heavy atom. The van der Waals surface area contributed by atoms with Gasteiger partial charge in [0.25, 0.3) is 0 Å². The Labute approximate surface area is 107 Å². The molecule has 1 rings (SSSR count). The molecule has 2 N–H and O–H groups in total. The minimum Gasteiger partial charge on any atom is -0.496 e. The van der Waals surface area contributed by atoms with Gasteiger partial charge < -0.3 is 19.9 Å². The third kappa shape index (κ3) is 4.35. The molecule has 0 aliphatic carbocycles. The van der Waals surface area contributed by atoms with Gasteiger partial charge in [-0.15, -0.1) is 0 Å². The standard InChI is InChI=1S/C13H19NO4/c1-17-9-11(8-15)14-13(16)7-10-5-3-4-6-12(10)18-2/h3-6,11,15H,7-9H2,1-2H3,(H,14,16). The number of nitrogens with one attached hydrogen (secondary N) is 1. The van der Waals surface area contributed by atoms with E-state index in [4.69, 9.17) is 14.6 Å². The Balaban J connectivity index is 2.58. The van der Waals surface area contributed by atoms with Crippen molar-refractivity contribution in [3.05, 3.63) is 29.8 Å². The Hall–Kier alpha value is -1.59. The Bertz CT molecular complexity index is 381. The van der Waals surface area contributed by atoms with E-state index in [2.05, 4.69) is 5.32 Å². The van der Waals surface area contributed by atoms with Crippen LogP contribution in [0, 0.1) is 0 Å². The maximum absolute atomic E-state index is 11.8. The minimum absolute atomic E-state index is 0.147. The quantitative estimate of drug-likeness (QED) is 0.736. The van der Waals surface area contributed by atoms with Gasteiger partial charge in [-0.25, -0.2) is 0 Å². The van der Waals surface area contributed by atoms with Crippen LogP contribution in [0.4, 0.5) is 0 Å². The van der Waals surface area contributed by atoms with Crippen LogP contribution < -0.4 is 10.1 Å². The number of carbonyl (C=O) groups is 1. The molecule has 0 aromatic heterocycles. The fourth-order valence-corrected chi connectivity index (χ4v) is 1.64. The summed E-state index contributed by atoms with van der Waals surface area (Å²) in [6, 6.07) is 6.97. The van der Waals surface area contributed by atoms with Crippen LogP contribution in [0.15, 0.2) is 24.3 Å². The molecular formula is C13H19NO4. The lowest BCUT2D eigenvalue weighted by Gasteiger charge is -2.15. The molecule has 18 heavy (non-hydrogen) atoms. The minimum atomic E-state index is -0.378. The summed E-state index contributed by atoms with van der Waals surface area (Å²) in [6.45, 7) is 0.139. The zero-order valence-corrected chi connectivity index (χ0v) is 10.7. The average Bonchev–Trinajstić information content (AvgIpc) is 2.38. The topological polar surface area (TPSA) is 67.8 Å². The number of para-hydroxylation sites is 1. The lowest BCUT2D eigenvalue weighted by molar-refractivity contribution is -0.121. The van der Waals surface area contributed by atoms with Crippen molar-refractivity contribution in [1.82, 2.24) is 5.32 Å². The molecule has 1 atom stereocenters. The molecule has 0 aliphatic rings. The molecule has 0 aliphatic heterocycles. The van der Waals surface area contributed by atoms with Crippen LogP contribution in [0.5, 0.6) is 5.75 Å². The highest BCUT2D eigenvalue weighted by atomic mass is 16.5. The summed E-state index contributed by atoms with van der Waals surface area (Å²) >= 11 is 0. The van der Waals surface area contributed by atoms with E-state index in [1.165, 1.54) is 7.11 Å². The molecule has 5 heteroatoms. The van der Waals surface area contributed by atoms with Crippen LogP contribution in [0.1, 0.15) is 5.56 Å². The van der Waals surface area contributed by atoms with E-state index in [0.717, 1.165) is 5.56 Å². The van der Waals surface area contributed by atoms with Gasteiger partial charge in [0.05, 0.1) is 32.8 Å². The first-order valence-corrected chi connectivity index (χ1v) is 5.72. The molecule has 0 saturated carbocycles. The summed E-state index contributed by atoms with van der Waals surface area (Å²) < 4.78 is 10.1. The van der Waals surface area contributed by atoms with Gasteiger partial charge in [0.1, 0.15) is 5.75 Å². The van der Waals surface area contributed by atoms with Crippen molar-refractivity contribution in [2.45, 2.75) is 12.5 Å². The molecule has 0 saturated heterocycles. The SMILES string of the molecule is COCC(CO)NC(=O)Cc1ccccc1OC. The van der Waals surface area contributed by atoms with Crippen LogP contribution in [0.2, 0.25) is 0 Å². The maximum atomic E-state index is 11.8. The highest BCUT2D eigenvalue weighted by Gasteiger charge is 2.13. The van der Waals surface area contributed by atoms with Crippen LogP contribution in [0.3, 0.4) is 0 Å². The first-order chi connectivity index (χ1) is 8.71. The largest absolute Gasteiger partial charge is 0.496 e. The van der Waals surface area contributed by atoms with Gasteiger partial charge in [-0.3, -0.25) is 4.79 Å². The molecule has 0 radical (unpaired) electrons. The predicted molar refractivity (Wildman–Crippen MR) is 67.6 cm³/mol. The number of aliphatic hydroxyl groups excluding tert-OH is 1. The second-order valence-electron chi connectivity index (χ2n) is 3.89. The molecule has 0 spiro atoms. The molecule has 0 fully saturated rings. The van der Waals surface area contributed by atoms with E-state index in [1.807, 2.05) is 18.2 Å². The number of benzene rings is 1. The van der Waals surface area contributed by atoms with Crippen molar-refractivity contribution in [2.75, 3.05) is 27.4 Å². The second kappa shape index (κ2) is 7.68.